The van der Waals surface area contributed by atoms with Gasteiger partial charge in [-0.1, -0.05) is 5.11 Å². The molecule has 1 aromatic rings. The zero-order valence-corrected chi connectivity index (χ0v) is 12.8. The Morgan fingerprint density at radius 2 is 2.23 bits per heavy atom. The van der Waals surface area contributed by atoms with Crippen molar-refractivity contribution in [2.24, 2.45) is 5.11 Å². The Balaban J connectivity index is 1.71. The number of hydrogen-bond acceptors (Lipinski definition) is 7. The van der Waals surface area contributed by atoms with Crippen LogP contribution in [0.5, 0.6) is 0 Å². The summed E-state index contributed by atoms with van der Waals surface area (Å²) in [5.41, 5.74) is 8.60. The van der Waals surface area contributed by atoms with Crippen LogP contribution < -0.4 is 0 Å². The highest BCUT2D eigenvalue weighted by Crippen LogP contribution is 2.45. The molecule has 0 amide bonds. The molecule has 2 saturated heterocycles. The van der Waals surface area contributed by atoms with E-state index in [1.54, 1.807) is 23.9 Å². The second kappa shape index (κ2) is 6.35. The average Bonchev–Trinajstić information content (AvgIpc) is 2.76. The molecule has 0 unspecified atom stereocenters. The van der Waals surface area contributed by atoms with E-state index < -0.39 is 23.2 Å². The highest BCUT2D eigenvalue weighted by Gasteiger charge is 2.50. The van der Waals surface area contributed by atoms with Crippen LogP contribution in [0.1, 0.15) is 0 Å². The van der Waals surface area contributed by atoms with Crippen LogP contribution in [0.2, 0.25) is 0 Å². The molecule has 3 rings (SSSR count). The van der Waals surface area contributed by atoms with Crippen LogP contribution >= 0.6 is 23.5 Å². The number of nitro benzene ring substituents is 1. The molecule has 0 aromatic heterocycles. The first kappa shape index (κ1) is 15.4. The molecule has 116 valence electrons. The smallest absolute Gasteiger partial charge is 0.269 e. The maximum absolute atomic E-state index is 10.6. The number of hydrogen-bond donors (Lipinski definition) is 1. The van der Waals surface area contributed by atoms with E-state index in [0.29, 0.717) is 5.75 Å². The Hall–Kier alpha value is -1.45. The van der Waals surface area contributed by atoms with Gasteiger partial charge in [-0.3, -0.25) is 10.1 Å². The van der Waals surface area contributed by atoms with Crippen LogP contribution in [0.4, 0.5) is 5.69 Å². The van der Waals surface area contributed by atoms with E-state index in [0.717, 1.165) is 4.90 Å². The molecule has 0 radical (unpaired) electrons. The fourth-order valence-corrected chi connectivity index (χ4v) is 5.34. The van der Waals surface area contributed by atoms with Crippen molar-refractivity contribution < 1.29 is 14.8 Å². The topological polar surface area (TPSA) is 121 Å². The fourth-order valence-electron chi connectivity index (χ4n) is 2.51. The van der Waals surface area contributed by atoms with Gasteiger partial charge in [-0.25, -0.2) is 0 Å². The lowest BCUT2D eigenvalue weighted by molar-refractivity contribution is -0.384. The van der Waals surface area contributed by atoms with Gasteiger partial charge in [-0.2, -0.15) is 0 Å². The van der Waals surface area contributed by atoms with Crippen LogP contribution in [0.25, 0.3) is 10.4 Å². The Labute approximate surface area is 134 Å². The van der Waals surface area contributed by atoms with Crippen LogP contribution in [0.15, 0.2) is 34.3 Å². The summed E-state index contributed by atoms with van der Waals surface area (Å²) in [7, 11) is 0. The molecule has 22 heavy (non-hydrogen) atoms. The number of thioether (sulfide) groups is 2. The Morgan fingerprint density at radius 3 is 2.86 bits per heavy atom. The minimum atomic E-state index is -0.827. The molecule has 1 aromatic carbocycles. The molecule has 10 heteroatoms. The first-order valence-corrected chi connectivity index (χ1v) is 8.43. The standard InChI is InChI=1S/C12H12N4O4S2/c13-15-14-9-8-5-21-12(11(20-8)10(9)17)22-7-3-1-6(2-4-7)16(18)19/h1-4,8-12,17H,5H2/t8-,9-,10+,11+,12-/m1/s1. The number of azide groups is 1. The first-order valence-electron chi connectivity index (χ1n) is 6.50. The van der Waals surface area contributed by atoms with Crippen molar-refractivity contribution in [2.75, 3.05) is 5.75 Å². The van der Waals surface area contributed by atoms with Gasteiger partial charge in [0, 0.05) is 27.7 Å². The van der Waals surface area contributed by atoms with Crippen molar-refractivity contribution in [3.63, 3.8) is 0 Å². The molecule has 0 saturated carbocycles. The van der Waals surface area contributed by atoms with Crippen LogP contribution in [-0.2, 0) is 4.74 Å². The number of aliphatic hydroxyl groups is 1. The van der Waals surface area contributed by atoms with E-state index in [1.165, 1.54) is 23.9 Å². The molecule has 5 atom stereocenters. The molecule has 2 heterocycles. The van der Waals surface area contributed by atoms with Gasteiger partial charge in [0.15, 0.2) is 0 Å². The first-order chi connectivity index (χ1) is 10.6. The van der Waals surface area contributed by atoms with Crippen molar-refractivity contribution in [1.29, 1.82) is 0 Å². The van der Waals surface area contributed by atoms with E-state index in [2.05, 4.69) is 10.0 Å². The van der Waals surface area contributed by atoms with Crippen molar-refractivity contribution in [3.05, 3.63) is 44.8 Å². The van der Waals surface area contributed by atoms with Gasteiger partial charge < -0.3 is 9.84 Å². The molecule has 2 aliphatic rings. The van der Waals surface area contributed by atoms with Crippen molar-refractivity contribution in [2.45, 2.75) is 33.8 Å². The third-order valence-electron chi connectivity index (χ3n) is 3.58. The molecule has 8 nitrogen and oxygen atoms in total. The van der Waals surface area contributed by atoms with Gasteiger partial charge in [0.25, 0.3) is 5.69 Å². The van der Waals surface area contributed by atoms with Crippen molar-refractivity contribution >= 4 is 29.2 Å². The minimum Gasteiger partial charge on any atom is -0.390 e. The summed E-state index contributed by atoms with van der Waals surface area (Å²) in [4.78, 5) is 13.8. The highest BCUT2D eigenvalue weighted by atomic mass is 32.2. The van der Waals surface area contributed by atoms with Gasteiger partial charge in [0.2, 0.25) is 0 Å². The SMILES string of the molecule is [N-]=[N+]=N[C@H]1[C@H](O)[C@@H]2O[C@@H]1CS[C@@H]2Sc1ccc([N+](=O)[O-])cc1. The van der Waals surface area contributed by atoms with Crippen LogP contribution in [-0.4, -0.2) is 44.7 Å². The van der Waals surface area contributed by atoms with E-state index >= 15 is 0 Å². The lowest BCUT2D eigenvalue weighted by atomic mass is 10.1. The van der Waals surface area contributed by atoms with E-state index in [-0.39, 0.29) is 16.4 Å². The fraction of sp³-hybridized carbons (Fsp3) is 0.500. The quantitative estimate of drug-likeness (QED) is 0.295. The van der Waals surface area contributed by atoms with Crippen molar-refractivity contribution in [1.82, 2.24) is 0 Å². The summed E-state index contributed by atoms with van der Waals surface area (Å²) in [6.07, 6.45) is -1.50. The number of rotatable bonds is 4. The molecule has 1 N–H and O–H groups in total. The minimum absolute atomic E-state index is 0.0429. The number of nitrogens with zero attached hydrogens (tertiary/aromatic N) is 4. The summed E-state index contributed by atoms with van der Waals surface area (Å²) in [6, 6.07) is 5.72. The molecular weight excluding hydrogens is 328 g/mol. The lowest BCUT2D eigenvalue weighted by Crippen LogP contribution is -2.34. The summed E-state index contributed by atoms with van der Waals surface area (Å²) in [5, 5.41) is 24.5. The Kier molecular flexibility index (Phi) is 4.46. The predicted octanol–water partition coefficient (Wildman–Crippen LogP) is 2.57. The number of non-ortho nitro benzene ring substituents is 1. The van der Waals surface area contributed by atoms with Gasteiger partial charge >= 0.3 is 0 Å². The van der Waals surface area contributed by atoms with E-state index in [4.69, 9.17) is 10.3 Å². The van der Waals surface area contributed by atoms with Gasteiger partial charge in [-0.05, 0) is 17.7 Å². The van der Waals surface area contributed by atoms with Crippen molar-refractivity contribution in [3.8, 4) is 0 Å². The van der Waals surface area contributed by atoms with Crippen LogP contribution in [0.3, 0.4) is 0 Å². The number of aliphatic hydroxyl groups excluding tert-OH is 1. The number of nitro groups is 1. The number of fused-ring (bicyclic) bond motifs is 2. The van der Waals surface area contributed by atoms with Gasteiger partial charge in [0.1, 0.15) is 6.10 Å². The van der Waals surface area contributed by atoms with Gasteiger partial charge in [-0.15, -0.1) is 23.5 Å². The molecular formula is C12H12N4O4S2. The average molecular weight is 340 g/mol. The normalized spacial score (nSPS) is 33.2. The summed E-state index contributed by atoms with van der Waals surface area (Å²) < 4.78 is 5.71. The molecule has 2 fully saturated rings. The third-order valence-corrected chi connectivity index (χ3v) is 6.44. The summed E-state index contributed by atoms with van der Waals surface area (Å²) >= 11 is 3.13. The monoisotopic (exact) mass is 340 g/mol. The molecule has 2 bridgehead atoms. The molecule has 0 aliphatic carbocycles. The molecule has 0 spiro atoms. The lowest BCUT2D eigenvalue weighted by Gasteiger charge is -2.29. The Bertz CT molecular complexity index is 622. The summed E-state index contributed by atoms with van der Waals surface area (Å²) in [6.45, 7) is 0. The zero-order valence-electron chi connectivity index (χ0n) is 11.2. The summed E-state index contributed by atoms with van der Waals surface area (Å²) in [5.74, 6) is 0.641. The van der Waals surface area contributed by atoms with Crippen LogP contribution in [0, 0.1) is 10.1 Å². The Morgan fingerprint density at radius 1 is 1.50 bits per heavy atom. The molecule has 2 aliphatic heterocycles. The predicted molar refractivity (Wildman–Crippen MR) is 82.8 cm³/mol. The number of benzene rings is 1. The highest BCUT2D eigenvalue weighted by molar-refractivity contribution is 8.17. The van der Waals surface area contributed by atoms with Gasteiger partial charge in [0.05, 0.1) is 27.8 Å². The third kappa shape index (κ3) is 2.88. The number of ether oxygens (including phenoxy) is 1. The maximum Gasteiger partial charge on any atom is 0.269 e. The second-order valence-corrected chi connectivity index (χ2v) is 7.58. The zero-order chi connectivity index (χ0) is 15.7. The van der Waals surface area contributed by atoms with E-state index in [9.17, 15) is 15.2 Å². The largest absolute Gasteiger partial charge is 0.390 e. The maximum atomic E-state index is 10.6. The van der Waals surface area contributed by atoms with E-state index in [1.807, 2.05) is 0 Å². The second-order valence-electron chi connectivity index (χ2n) is 4.90.